The van der Waals surface area contributed by atoms with Crippen LogP contribution in [-0.4, -0.2) is 43.4 Å². The molecule has 1 fully saturated rings. The van der Waals surface area contributed by atoms with Gasteiger partial charge in [-0.15, -0.1) is 0 Å². The molecule has 0 N–H and O–H groups in total. The number of esters is 1. The quantitative estimate of drug-likeness (QED) is 0.203. The smallest absolute Gasteiger partial charge is 0.315 e. The van der Waals surface area contributed by atoms with E-state index in [4.69, 9.17) is 21.1 Å². The van der Waals surface area contributed by atoms with E-state index in [0.29, 0.717) is 17.1 Å². The first kappa shape index (κ1) is 26.3. The van der Waals surface area contributed by atoms with E-state index >= 15 is 0 Å². The number of benzene rings is 1. The number of carbonyl (C=O) groups excluding carboxylic acids is 1. The number of allylic oxidation sites excluding steroid dienone is 2. The number of likely N-dealkylation sites (tertiary alicyclic amines) is 1. The van der Waals surface area contributed by atoms with Gasteiger partial charge >= 0.3 is 5.97 Å². The molecular formula is C30H43ClNO3+. The largest absolute Gasteiger partial charge is 0.485 e. The summed E-state index contributed by atoms with van der Waals surface area (Å²) in [5, 5.41) is 0.741. The maximum absolute atomic E-state index is 13.1. The number of hydrogen-bond donors (Lipinski definition) is 0. The number of quaternary nitrogens is 1. The Hall–Kier alpha value is -1.78. The van der Waals surface area contributed by atoms with Crippen molar-refractivity contribution < 1.29 is 18.8 Å². The lowest BCUT2D eigenvalue weighted by Crippen LogP contribution is -2.49. The highest BCUT2D eigenvalue weighted by atomic mass is 35.5. The van der Waals surface area contributed by atoms with Gasteiger partial charge in [-0.3, -0.25) is 9.28 Å². The van der Waals surface area contributed by atoms with Crippen LogP contribution in [0.25, 0.3) is 0 Å². The summed E-state index contributed by atoms with van der Waals surface area (Å²) in [5.41, 5.74) is 0.650. The number of unbranched alkanes of at least 4 members (excludes halogenated alkanes) is 3. The lowest BCUT2D eigenvalue weighted by molar-refractivity contribution is -0.916. The lowest BCUT2D eigenvalue weighted by atomic mass is 9.63. The minimum absolute atomic E-state index is 0.0106. The lowest BCUT2D eigenvalue weighted by Gasteiger charge is -2.41. The SMILES string of the molecule is CCCCCCC(C)(C)C(=O)OC[N+]1(C)CC2c3cc(Cl)ccc3OC3C=CC=CC3(CC)C2C1. The molecule has 0 spiro atoms. The number of carbonyl (C=O) groups is 1. The van der Waals surface area contributed by atoms with E-state index in [1.165, 1.54) is 24.8 Å². The summed E-state index contributed by atoms with van der Waals surface area (Å²) >= 11 is 6.47. The Morgan fingerprint density at radius 1 is 1.20 bits per heavy atom. The molecule has 1 aliphatic carbocycles. The fourth-order valence-electron chi connectivity index (χ4n) is 6.54. The van der Waals surface area contributed by atoms with Gasteiger partial charge in [0.2, 0.25) is 6.73 Å². The molecule has 192 valence electrons. The van der Waals surface area contributed by atoms with E-state index in [1.54, 1.807) is 0 Å². The maximum atomic E-state index is 13.1. The molecule has 0 bridgehead atoms. The number of likely N-dealkylation sites (N-methyl/N-ethyl adjacent to an activating group) is 1. The predicted octanol–water partition coefficient (Wildman–Crippen LogP) is 7.28. The zero-order valence-electron chi connectivity index (χ0n) is 22.2. The maximum Gasteiger partial charge on any atom is 0.315 e. The molecular weight excluding hydrogens is 458 g/mol. The molecule has 0 saturated carbocycles. The van der Waals surface area contributed by atoms with E-state index < -0.39 is 5.41 Å². The average Bonchev–Trinajstić information content (AvgIpc) is 3.15. The fourth-order valence-corrected chi connectivity index (χ4v) is 6.72. The van der Waals surface area contributed by atoms with Crippen LogP contribution in [0.15, 0.2) is 42.5 Å². The Balaban J connectivity index is 1.55. The van der Waals surface area contributed by atoms with Crippen LogP contribution < -0.4 is 4.74 Å². The summed E-state index contributed by atoms with van der Waals surface area (Å²) in [6.45, 7) is 10.8. The summed E-state index contributed by atoms with van der Waals surface area (Å²) in [6, 6.07) is 6.03. The van der Waals surface area contributed by atoms with Gasteiger partial charge < -0.3 is 9.47 Å². The Labute approximate surface area is 216 Å². The molecule has 2 aliphatic heterocycles. The van der Waals surface area contributed by atoms with Gasteiger partial charge in [0.1, 0.15) is 11.9 Å². The molecule has 4 rings (SSSR count). The molecule has 0 aromatic heterocycles. The van der Waals surface area contributed by atoms with Crippen LogP contribution in [0.4, 0.5) is 0 Å². The van der Waals surface area contributed by atoms with Gasteiger partial charge in [-0.1, -0.05) is 69.4 Å². The van der Waals surface area contributed by atoms with Crippen molar-refractivity contribution in [2.75, 3.05) is 26.9 Å². The molecule has 0 radical (unpaired) electrons. The average molecular weight is 501 g/mol. The van der Waals surface area contributed by atoms with Gasteiger partial charge in [-0.05, 0) is 51.0 Å². The van der Waals surface area contributed by atoms with Gasteiger partial charge in [0.05, 0.1) is 25.6 Å². The summed E-state index contributed by atoms with van der Waals surface area (Å²) in [4.78, 5) is 13.1. The van der Waals surface area contributed by atoms with Gasteiger partial charge in [-0.2, -0.15) is 0 Å². The molecule has 5 unspecified atom stereocenters. The summed E-state index contributed by atoms with van der Waals surface area (Å²) < 4.78 is 13.4. The summed E-state index contributed by atoms with van der Waals surface area (Å²) in [7, 11) is 2.24. The van der Waals surface area contributed by atoms with E-state index in [2.05, 4.69) is 51.3 Å². The predicted molar refractivity (Wildman–Crippen MR) is 143 cm³/mol. The Morgan fingerprint density at radius 3 is 2.74 bits per heavy atom. The van der Waals surface area contributed by atoms with Crippen molar-refractivity contribution in [3.63, 3.8) is 0 Å². The molecule has 1 aromatic rings. The van der Waals surface area contributed by atoms with Crippen LogP contribution in [0.2, 0.25) is 5.02 Å². The van der Waals surface area contributed by atoms with Crippen LogP contribution in [0.5, 0.6) is 5.75 Å². The highest BCUT2D eigenvalue weighted by Crippen LogP contribution is 2.56. The van der Waals surface area contributed by atoms with E-state index in [9.17, 15) is 4.79 Å². The topological polar surface area (TPSA) is 35.5 Å². The van der Waals surface area contributed by atoms with Crippen molar-refractivity contribution in [2.24, 2.45) is 16.7 Å². The van der Waals surface area contributed by atoms with Crippen molar-refractivity contribution in [1.29, 1.82) is 0 Å². The standard InChI is InChI=1S/C30H43ClNO3/c1-6-8-9-11-16-29(3,4)28(33)34-21-32(5)19-24-23-18-22(31)14-15-26(23)35-27-13-10-12-17-30(27,7-2)25(24)20-32/h10,12-15,17-18,24-25,27H,6-9,11,16,19-21H2,1-5H3/q+1. The molecule has 5 atom stereocenters. The van der Waals surface area contributed by atoms with Crippen molar-refractivity contribution >= 4 is 17.6 Å². The molecule has 5 heteroatoms. The summed E-state index contributed by atoms with van der Waals surface area (Å²) in [6.07, 6.45) is 15.4. The number of hydrogen-bond acceptors (Lipinski definition) is 3. The Bertz CT molecular complexity index is 986. The number of halogens is 1. The van der Waals surface area contributed by atoms with Gasteiger partial charge in [0, 0.05) is 27.8 Å². The first-order chi connectivity index (χ1) is 16.6. The molecule has 0 amide bonds. The van der Waals surface area contributed by atoms with E-state index in [0.717, 1.165) is 43.1 Å². The summed E-state index contributed by atoms with van der Waals surface area (Å²) in [5.74, 6) is 1.51. The third-order valence-electron chi connectivity index (χ3n) is 8.74. The highest BCUT2D eigenvalue weighted by Gasteiger charge is 2.58. The molecule has 1 aromatic carbocycles. The van der Waals surface area contributed by atoms with Gasteiger partial charge in [0.15, 0.2) is 0 Å². The van der Waals surface area contributed by atoms with Crippen LogP contribution in [0.1, 0.15) is 77.7 Å². The third kappa shape index (κ3) is 5.20. The third-order valence-corrected chi connectivity index (χ3v) is 8.97. The molecule has 1 saturated heterocycles. The van der Waals surface area contributed by atoms with E-state index in [-0.39, 0.29) is 23.4 Å². The molecule has 35 heavy (non-hydrogen) atoms. The van der Waals surface area contributed by atoms with Crippen molar-refractivity contribution in [1.82, 2.24) is 0 Å². The van der Waals surface area contributed by atoms with Crippen molar-refractivity contribution in [2.45, 2.75) is 78.2 Å². The number of nitrogens with zero attached hydrogens (tertiary/aromatic N) is 1. The first-order valence-electron chi connectivity index (χ1n) is 13.5. The second kappa shape index (κ2) is 10.3. The van der Waals surface area contributed by atoms with Gasteiger partial charge in [-0.25, -0.2) is 0 Å². The second-order valence-electron chi connectivity index (χ2n) is 11.9. The second-order valence-corrected chi connectivity index (χ2v) is 12.3. The minimum Gasteiger partial charge on any atom is -0.485 e. The number of rotatable bonds is 9. The molecule has 3 aliphatic rings. The van der Waals surface area contributed by atoms with Crippen LogP contribution in [0.3, 0.4) is 0 Å². The number of ether oxygens (including phenoxy) is 2. The first-order valence-corrected chi connectivity index (χ1v) is 13.8. The Kier molecular flexibility index (Phi) is 7.74. The van der Waals surface area contributed by atoms with Crippen molar-refractivity contribution in [3.8, 4) is 5.75 Å². The normalized spacial score (nSPS) is 31.2. The monoisotopic (exact) mass is 500 g/mol. The zero-order valence-corrected chi connectivity index (χ0v) is 22.9. The fraction of sp³-hybridized carbons (Fsp3) is 0.633. The Morgan fingerprint density at radius 2 is 2.00 bits per heavy atom. The van der Waals surface area contributed by atoms with Crippen LogP contribution in [0, 0.1) is 16.7 Å². The number of fused-ring (bicyclic) bond motifs is 5. The van der Waals surface area contributed by atoms with Gasteiger partial charge in [0.25, 0.3) is 0 Å². The van der Waals surface area contributed by atoms with Crippen LogP contribution >= 0.6 is 11.6 Å². The zero-order chi connectivity index (χ0) is 25.3. The molecule has 4 nitrogen and oxygen atoms in total. The van der Waals surface area contributed by atoms with Crippen molar-refractivity contribution in [3.05, 3.63) is 53.1 Å². The molecule has 2 heterocycles. The van der Waals surface area contributed by atoms with Crippen LogP contribution in [-0.2, 0) is 9.53 Å². The highest BCUT2D eigenvalue weighted by molar-refractivity contribution is 6.30. The van der Waals surface area contributed by atoms with E-state index in [1.807, 2.05) is 26.0 Å². The minimum atomic E-state index is -0.447.